The molecule has 3 aromatic heterocycles. The van der Waals surface area contributed by atoms with Gasteiger partial charge < -0.3 is 0 Å². The first-order valence-corrected chi connectivity index (χ1v) is 9.88. The lowest BCUT2D eigenvalue weighted by atomic mass is 10.1. The smallest absolute Gasteiger partial charge is 0.263 e. The third-order valence-corrected chi connectivity index (χ3v) is 6.11. The number of carbonyl (C=O) groups is 1. The third kappa shape index (κ3) is 3.38. The molecular weight excluding hydrogens is 389 g/mol. The monoisotopic (exact) mass is 407 g/mol. The number of nitrogens with zero attached hydrogens (tertiary/aromatic N) is 3. The number of fused-ring (bicyclic) bond motifs is 1. The SMILES string of the molecule is Cc1cc(C(=O)Cn2c(-c3ccncc3)nc3sc(C)c(C)c3c2=O)ccc1F. The zero-order valence-corrected chi connectivity index (χ0v) is 17.0. The second-order valence-corrected chi connectivity index (χ2v) is 8.12. The molecular formula is C22H18FN3O2S. The molecule has 29 heavy (non-hydrogen) atoms. The average molecular weight is 407 g/mol. The van der Waals surface area contributed by atoms with Crippen molar-refractivity contribution in [1.29, 1.82) is 0 Å². The molecule has 0 aliphatic heterocycles. The molecule has 0 fully saturated rings. The fourth-order valence-corrected chi connectivity index (χ4v) is 4.27. The van der Waals surface area contributed by atoms with Crippen LogP contribution in [0.25, 0.3) is 21.6 Å². The van der Waals surface area contributed by atoms with E-state index in [-0.39, 0.29) is 23.7 Å². The van der Waals surface area contributed by atoms with E-state index in [2.05, 4.69) is 4.98 Å². The van der Waals surface area contributed by atoms with Crippen LogP contribution in [-0.4, -0.2) is 20.3 Å². The van der Waals surface area contributed by atoms with E-state index in [1.165, 1.54) is 34.1 Å². The van der Waals surface area contributed by atoms with Crippen molar-refractivity contribution in [3.8, 4) is 11.4 Å². The van der Waals surface area contributed by atoms with Crippen molar-refractivity contribution in [2.24, 2.45) is 0 Å². The summed E-state index contributed by atoms with van der Waals surface area (Å²) in [7, 11) is 0. The number of thiophene rings is 1. The molecule has 0 amide bonds. The van der Waals surface area contributed by atoms with Gasteiger partial charge in [0.2, 0.25) is 0 Å². The highest BCUT2D eigenvalue weighted by molar-refractivity contribution is 7.18. The maximum atomic E-state index is 13.6. The van der Waals surface area contributed by atoms with Gasteiger partial charge in [-0.3, -0.25) is 19.1 Å². The molecule has 0 bridgehead atoms. The van der Waals surface area contributed by atoms with Gasteiger partial charge in [-0.1, -0.05) is 0 Å². The number of halogens is 1. The Labute approximate surface area is 170 Å². The number of ketones is 1. The summed E-state index contributed by atoms with van der Waals surface area (Å²) in [5.41, 5.74) is 2.06. The lowest BCUT2D eigenvalue weighted by Crippen LogP contribution is -2.27. The predicted octanol–water partition coefficient (Wildman–Crippen LogP) is 4.47. The van der Waals surface area contributed by atoms with Crippen molar-refractivity contribution in [3.63, 3.8) is 0 Å². The van der Waals surface area contributed by atoms with Gasteiger partial charge in [0, 0.05) is 28.4 Å². The van der Waals surface area contributed by atoms with E-state index in [0.29, 0.717) is 32.7 Å². The Morgan fingerprint density at radius 1 is 1.14 bits per heavy atom. The summed E-state index contributed by atoms with van der Waals surface area (Å²) < 4.78 is 15.0. The van der Waals surface area contributed by atoms with Crippen LogP contribution in [0.5, 0.6) is 0 Å². The average Bonchev–Trinajstić information content (AvgIpc) is 3.00. The first kappa shape index (κ1) is 19.1. The van der Waals surface area contributed by atoms with Gasteiger partial charge in [-0.2, -0.15) is 0 Å². The summed E-state index contributed by atoms with van der Waals surface area (Å²) >= 11 is 1.46. The van der Waals surface area contributed by atoms with E-state index in [9.17, 15) is 14.0 Å². The van der Waals surface area contributed by atoms with Crippen molar-refractivity contribution >= 4 is 27.3 Å². The van der Waals surface area contributed by atoms with Crippen LogP contribution in [0.3, 0.4) is 0 Å². The summed E-state index contributed by atoms with van der Waals surface area (Å²) in [5, 5.41) is 0.536. The highest BCUT2D eigenvalue weighted by Gasteiger charge is 2.20. The molecule has 0 spiro atoms. The van der Waals surface area contributed by atoms with Crippen molar-refractivity contribution in [2.45, 2.75) is 27.3 Å². The highest BCUT2D eigenvalue weighted by Crippen LogP contribution is 2.28. The standard InChI is InChI=1S/C22H18FN3O2S/c1-12-10-16(4-5-17(12)23)18(27)11-26-20(15-6-8-24-9-7-15)25-21-19(22(26)28)13(2)14(3)29-21/h4-10H,11H2,1-3H3. The van der Waals surface area contributed by atoms with Crippen LogP contribution in [0.15, 0.2) is 47.5 Å². The topological polar surface area (TPSA) is 64.8 Å². The van der Waals surface area contributed by atoms with Crippen LogP contribution < -0.4 is 5.56 Å². The minimum absolute atomic E-state index is 0.182. The fourth-order valence-electron chi connectivity index (χ4n) is 3.25. The van der Waals surface area contributed by atoms with Crippen LogP contribution in [-0.2, 0) is 6.54 Å². The number of aryl methyl sites for hydroxylation is 3. The number of benzene rings is 1. The lowest BCUT2D eigenvalue weighted by Gasteiger charge is -2.12. The van der Waals surface area contributed by atoms with Crippen molar-refractivity contribution in [2.75, 3.05) is 0 Å². The second kappa shape index (κ2) is 7.33. The summed E-state index contributed by atoms with van der Waals surface area (Å²) in [6.07, 6.45) is 3.23. The number of Topliss-reactive ketones (excluding diaryl/α,β-unsaturated/α-hetero) is 1. The molecule has 0 atom stereocenters. The molecule has 4 aromatic rings. The molecule has 7 heteroatoms. The minimum Gasteiger partial charge on any atom is -0.292 e. The summed E-state index contributed by atoms with van der Waals surface area (Å²) in [6, 6.07) is 7.71. The van der Waals surface area contributed by atoms with Gasteiger partial charge in [0.25, 0.3) is 5.56 Å². The minimum atomic E-state index is -0.372. The summed E-state index contributed by atoms with van der Waals surface area (Å²) in [6.45, 7) is 5.26. The van der Waals surface area contributed by atoms with Crippen molar-refractivity contribution in [1.82, 2.24) is 14.5 Å². The Bertz CT molecular complexity index is 1310. The van der Waals surface area contributed by atoms with Crippen LogP contribution in [0.2, 0.25) is 0 Å². The van der Waals surface area contributed by atoms with Gasteiger partial charge in [-0.25, -0.2) is 9.37 Å². The molecule has 146 valence electrons. The molecule has 5 nitrogen and oxygen atoms in total. The second-order valence-electron chi connectivity index (χ2n) is 6.91. The molecule has 0 N–H and O–H groups in total. The van der Waals surface area contributed by atoms with Crippen molar-refractivity contribution < 1.29 is 9.18 Å². The first-order chi connectivity index (χ1) is 13.9. The quantitative estimate of drug-likeness (QED) is 0.468. The number of carbonyl (C=O) groups excluding carboxylic acids is 1. The Hall–Kier alpha value is -3.19. The molecule has 0 radical (unpaired) electrons. The number of hydrogen-bond donors (Lipinski definition) is 0. The third-order valence-electron chi connectivity index (χ3n) is 5.01. The largest absolute Gasteiger partial charge is 0.292 e. The molecule has 1 aromatic carbocycles. The van der Waals surface area contributed by atoms with Crippen LogP contribution in [0.4, 0.5) is 4.39 Å². The van der Waals surface area contributed by atoms with Crippen LogP contribution in [0.1, 0.15) is 26.4 Å². The van der Waals surface area contributed by atoms with Crippen LogP contribution >= 0.6 is 11.3 Å². The zero-order valence-electron chi connectivity index (χ0n) is 16.2. The van der Waals surface area contributed by atoms with Crippen molar-refractivity contribution in [3.05, 3.63) is 80.5 Å². The predicted molar refractivity (Wildman–Crippen MR) is 112 cm³/mol. The zero-order chi connectivity index (χ0) is 20.7. The molecule has 0 aliphatic rings. The van der Waals surface area contributed by atoms with E-state index in [4.69, 9.17) is 4.98 Å². The number of hydrogen-bond acceptors (Lipinski definition) is 5. The first-order valence-electron chi connectivity index (χ1n) is 9.07. The molecule has 4 rings (SSSR count). The van der Waals surface area contributed by atoms with Gasteiger partial charge in [-0.05, 0) is 62.2 Å². The summed E-state index contributed by atoms with van der Waals surface area (Å²) in [4.78, 5) is 36.7. The van der Waals surface area contributed by atoms with Gasteiger partial charge in [0.05, 0.1) is 11.9 Å². The van der Waals surface area contributed by atoms with Crippen LogP contribution in [0, 0.1) is 26.6 Å². The van der Waals surface area contributed by atoms with E-state index in [0.717, 1.165) is 10.4 Å². The molecule has 0 saturated carbocycles. The molecule has 0 unspecified atom stereocenters. The number of pyridine rings is 1. The van der Waals surface area contributed by atoms with E-state index < -0.39 is 0 Å². The van der Waals surface area contributed by atoms with Gasteiger partial charge in [-0.15, -0.1) is 11.3 Å². The Balaban J connectivity index is 1.90. The Morgan fingerprint density at radius 3 is 2.55 bits per heavy atom. The van der Waals surface area contributed by atoms with Gasteiger partial charge >= 0.3 is 0 Å². The fraction of sp³-hybridized carbons (Fsp3) is 0.182. The Morgan fingerprint density at radius 2 is 1.86 bits per heavy atom. The van der Waals surface area contributed by atoms with Gasteiger partial charge in [0.1, 0.15) is 16.5 Å². The lowest BCUT2D eigenvalue weighted by molar-refractivity contribution is 0.0971. The highest BCUT2D eigenvalue weighted by atomic mass is 32.1. The normalized spacial score (nSPS) is 11.2. The maximum Gasteiger partial charge on any atom is 0.263 e. The van der Waals surface area contributed by atoms with Gasteiger partial charge in [0.15, 0.2) is 5.78 Å². The number of aromatic nitrogens is 3. The summed E-state index contributed by atoms with van der Waals surface area (Å²) in [5.74, 6) is -0.238. The molecule has 0 saturated heterocycles. The van der Waals surface area contributed by atoms with E-state index >= 15 is 0 Å². The van der Waals surface area contributed by atoms with E-state index in [1.807, 2.05) is 13.8 Å². The Kier molecular flexibility index (Phi) is 4.84. The van der Waals surface area contributed by atoms with E-state index in [1.54, 1.807) is 31.5 Å². The maximum absolute atomic E-state index is 13.6. The number of rotatable bonds is 4. The molecule has 3 heterocycles. The molecule has 0 aliphatic carbocycles.